The Bertz CT molecular complexity index is 944. The van der Waals surface area contributed by atoms with E-state index in [4.69, 9.17) is 0 Å². The molecule has 3 heterocycles. The highest BCUT2D eigenvalue weighted by atomic mass is 16.2. The molecule has 0 bridgehead atoms. The number of hydrogen-bond donors (Lipinski definition) is 1. The number of hydrogen-bond acceptors (Lipinski definition) is 5. The Hall–Kier alpha value is -3.00. The van der Waals surface area contributed by atoms with Gasteiger partial charge in [-0.25, -0.2) is 4.68 Å². The summed E-state index contributed by atoms with van der Waals surface area (Å²) in [5.74, 6) is 1.67. The number of carbonyl (C=O) groups is 1. The number of nitrogens with zero attached hydrogens (tertiary/aromatic N) is 6. The zero-order valence-electron chi connectivity index (χ0n) is 15.0. The van der Waals surface area contributed by atoms with Crippen LogP contribution >= 0.6 is 0 Å². The van der Waals surface area contributed by atoms with Crippen LogP contribution in [0.15, 0.2) is 36.5 Å². The number of carbonyl (C=O) groups excluding carboxylic acids is 1. The number of aryl methyl sites for hydroxylation is 2. The average Bonchev–Trinajstić information content (AvgIpc) is 3.18. The van der Waals surface area contributed by atoms with Gasteiger partial charge in [-0.05, 0) is 33.0 Å². The molecule has 8 heteroatoms. The summed E-state index contributed by atoms with van der Waals surface area (Å²) in [4.78, 5) is 14.9. The van der Waals surface area contributed by atoms with Gasteiger partial charge in [-0.2, -0.15) is 5.10 Å². The molecule has 1 N–H and O–H groups in total. The molecule has 1 unspecified atom stereocenters. The quantitative estimate of drug-likeness (QED) is 0.774. The number of para-hydroxylation sites is 1. The molecule has 0 saturated heterocycles. The molecule has 134 valence electrons. The SMILES string of the molecule is Cc1nn(-c2ccccc2)cc1NC(=O)C1Cn2c(C)nnc2CN1C. The lowest BCUT2D eigenvalue weighted by molar-refractivity contribution is -0.122. The Kier molecular flexibility index (Phi) is 4.04. The average molecular weight is 351 g/mol. The predicted molar refractivity (Wildman–Crippen MR) is 96.9 cm³/mol. The number of benzene rings is 1. The van der Waals surface area contributed by atoms with E-state index in [1.807, 2.05) is 66.9 Å². The summed E-state index contributed by atoms with van der Waals surface area (Å²) in [6.07, 6.45) is 1.85. The Morgan fingerprint density at radius 1 is 1.19 bits per heavy atom. The first-order valence-electron chi connectivity index (χ1n) is 8.54. The first-order chi connectivity index (χ1) is 12.5. The molecule has 0 aliphatic carbocycles. The number of fused-ring (bicyclic) bond motifs is 1. The molecule has 0 fully saturated rings. The third kappa shape index (κ3) is 2.88. The molecule has 0 saturated carbocycles. The van der Waals surface area contributed by atoms with E-state index < -0.39 is 0 Å². The second-order valence-corrected chi connectivity index (χ2v) is 6.60. The maximum absolute atomic E-state index is 12.9. The van der Waals surface area contributed by atoms with Gasteiger partial charge in [-0.3, -0.25) is 9.69 Å². The number of amides is 1. The van der Waals surface area contributed by atoms with Crippen LogP contribution in [0, 0.1) is 13.8 Å². The van der Waals surface area contributed by atoms with Crippen molar-refractivity contribution in [3.63, 3.8) is 0 Å². The smallest absolute Gasteiger partial charge is 0.243 e. The molecule has 1 aromatic carbocycles. The number of anilines is 1. The molecule has 0 spiro atoms. The van der Waals surface area contributed by atoms with E-state index in [0.29, 0.717) is 13.1 Å². The Morgan fingerprint density at radius 2 is 1.96 bits per heavy atom. The second kappa shape index (κ2) is 6.38. The minimum Gasteiger partial charge on any atom is -0.322 e. The molecule has 1 atom stereocenters. The fourth-order valence-electron chi connectivity index (χ4n) is 3.22. The lowest BCUT2D eigenvalue weighted by atomic mass is 10.2. The van der Waals surface area contributed by atoms with Gasteiger partial charge in [0.1, 0.15) is 17.7 Å². The topological polar surface area (TPSA) is 80.9 Å². The van der Waals surface area contributed by atoms with Crippen molar-refractivity contribution in [3.05, 3.63) is 53.9 Å². The molecule has 1 amide bonds. The highest BCUT2D eigenvalue weighted by Crippen LogP contribution is 2.20. The molecule has 8 nitrogen and oxygen atoms in total. The van der Waals surface area contributed by atoms with Crippen molar-refractivity contribution in [2.75, 3.05) is 12.4 Å². The fourth-order valence-corrected chi connectivity index (χ4v) is 3.22. The van der Waals surface area contributed by atoms with Gasteiger partial charge in [0.2, 0.25) is 5.91 Å². The standard InChI is InChI=1S/C18H21N7O/c1-12-15(9-25(22-12)14-7-5-4-6-8-14)19-18(26)16-10-24-13(2)20-21-17(24)11-23(16)3/h4-9,16H,10-11H2,1-3H3,(H,19,26). The van der Waals surface area contributed by atoms with E-state index in [0.717, 1.165) is 28.7 Å². The number of aromatic nitrogens is 5. The van der Waals surface area contributed by atoms with E-state index in [1.54, 1.807) is 4.68 Å². The summed E-state index contributed by atoms with van der Waals surface area (Å²) in [6, 6.07) is 9.55. The van der Waals surface area contributed by atoms with Crippen molar-refractivity contribution in [1.29, 1.82) is 0 Å². The van der Waals surface area contributed by atoms with Crippen LogP contribution in [-0.2, 0) is 17.9 Å². The van der Waals surface area contributed by atoms with E-state index >= 15 is 0 Å². The highest BCUT2D eigenvalue weighted by Gasteiger charge is 2.31. The van der Waals surface area contributed by atoms with Gasteiger partial charge in [0.15, 0.2) is 0 Å². The number of nitrogens with one attached hydrogen (secondary N) is 1. The predicted octanol–water partition coefficient (Wildman–Crippen LogP) is 1.53. The van der Waals surface area contributed by atoms with E-state index in [-0.39, 0.29) is 11.9 Å². The molecule has 1 aliphatic heterocycles. The minimum atomic E-state index is -0.281. The van der Waals surface area contributed by atoms with Crippen molar-refractivity contribution in [3.8, 4) is 5.69 Å². The summed E-state index contributed by atoms with van der Waals surface area (Å²) in [7, 11) is 1.93. The van der Waals surface area contributed by atoms with Gasteiger partial charge < -0.3 is 9.88 Å². The van der Waals surface area contributed by atoms with Gasteiger partial charge >= 0.3 is 0 Å². The Balaban J connectivity index is 1.54. The van der Waals surface area contributed by atoms with E-state index in [1.165, 1.54) is 0 Å². The third-order valence-corrected chi connectivity index (χ3v) is 4.77. The van der Waals surface area contributed by atoms with E-state index in [2.05, 4.69) is 20.6 Å². The molecular weight excluding hydrogens is 330 g/mol. The zero-order chi connectivity index (χ0) is 18.3. The van der Waals surface area contributed by atoms with Gasteiger partial charge in [0, 0.05) is 0 Å². The van der Waals surface area contributed by atoms with Crippen LogP contribution < -0.4 is 5.32 Å². The van der Waals surface area contributed by atoms with Crippen LogP contribution in [0.3, 0.4) is 0 Å². The van der Waals surface area contributed by atoms with Crippen molar-refractivity contribution >= 4 is 11.6 Å². The molecular formula is C18H21N7O. The van der Waals surface area contributed by atoms with Crippen LogP contribution in [-0.4, -0.2) is 48.4 Å². The fraction of sp³-hybridized carbons (Fsp3) is 0.333. The minimum absolute atomic E-state index is 0.0537. The lowest BCUT2D eigenvalue weighted by Gasteiger charge is -2.31. The first-order valence-corrected chi connectivity index (χ1v) is 8.54. The Labute approximate surface area is 151 Å². The first kappa shape index (κ1) is 16.5. The third-order valence-electron chi connectivity index (χ3n) is 4.77. The molecule has 0 radical (unpaired) electrons. The van der Waals surface area contributed by atoms with Crippen LogP contribution in [0.25, 0.3) is 5.69 Å². The second-order valence-electron chi connectivity index (χ2n) is 6.60. The summed E-state index contributed by atoms with van der Waals surface area (Å²) in [5.41, 5.74) is 2.45. The van der Waals surface area contributed by atoms with Crippen LogP contribution in [0.5, 0.6) is 0 Å². The molecule has 2 aromatic heterocycles. The largest absolute Gasteiger partial charge is 0.322 e. The molecule has 3 aromatic rings. The van der Waals surface area contributed by atoms with Gasteiger partial charge in [-0.15, -0.1) is 10.2 Å². The van der Waals surface area contributed by atoms with Crippen LogP contribution in [0.1, 0.15) is 17.3 Å². The number of rotatable bonds is 3. The normalized spacial score (nSPS) is 17.1. The number of likely N-dealkylation sites (N-methyl/N-ethyl adjacent to an activating group) is 1. The molecule has 1 aliphatic rings. The molecule has 4 rings (SSSR count). The summed E-state index contributed by atoms with van der Waals surface area (Å²) in [5, 5.41) is 15.8. The van der Waals surface area contributed by atoms with Crippen molar-refractivity contribution in [1.82, 2.24) is 29.4 Å². The maximum Gasteiger partial charge on any atom is 0.243 e. The van der Waals surface area contributed by atoms with Crippen molar-refractivity contribution in [2.45, 2.75) is 33.0 Å². The summed E-state index contributed by atoms with van der Waals surface area (Å²) in [6.45, 7) is 4.94. The highest BCUT2D eigenvalue weighted by molar-refractivity contribution is 5.95. The summed E-state index contributed by atoms with van der Waals surface area (Å²) >= 11 is 0. The zero-order valence-corrected chi connectivity index (χ0v) is 15.0. The van der Waals surface area contributed by atoms with Crippen LogP contribution in [0.2, 0.25) is 0 Å². The van der Waals surface area contributed by atoms with Crippen molar-refractivity contribution in [2.24, 2.45) is 0 Å². The lowest BCUT2D eigenvalue weighted by Crippen LogP contribution is -2.48. The van der Waals surface area contributed by atoms with Gasteiger partial charge in [0.25, 0.3) is 0 Å². The van der Waals surface area contributed by atoms with Crippen molar-refractivity contribution < 1.29 is 4.79 Å². The molecule has 26 heavy (non-hydrogen) atoms. The maximum atomic E-state index is 12.9. The van der Waals surface area contributed by atoms with Gasteiger partial charge in [-0.1, -0.05) is 18.2 Å². The van der Waals surface area contributed by atoms with E-state index in [9.17, 15) is 4.79 Å². The van der Waals surface area contributed by atoms with Crippen LogP contribution in [0.4, 0.5) is 5.69 Å². The van der Waals surface area contributed by atoms with Gasteiger partial charge in [0.05, 0.1) is 36.4 Å². The monoisotopic (exact) mass is 351 g/mol. The summed E-state index contributed by atoms with van der Waals surface area (Å²) < 4.78 is 3.78. The Morgan fingerprint density at radius 3 is 2.73 bits per heavy atom.